The van der Waals surface area contributed by atoms with E-state index in [4.69, 9.17) is 4.74 Å². The molecule has 1 N–H and O–H groups in total. The second-order valence-electron chi connectivity index (χ2n) is 4.95. The van der Waals surface area contributed by atoms with Crippen molar-refractivity contribution in [3.8, 4) is 0 Å². The average molecular weight is 243 g/mol. The Morgan fingerprint density at radius 3 is 2.29 bits per heavy atom. The van der Waals surface area contributed by atoms with Gasteiger partial charge in [-0.05, 0) is 31.7 Å². The molecule has 2 unspecified atom stereocenters. The van der Waals surface area contributed by atoms with Crippen molar-refractivity contribution in [3.63, 3.8) is 0 Å². The van der Waals surface area contributed by atoms with Crippen LogP contribution < -0.4 is 5.32 Å². The number of ether oxygens (including phenoxy) is 1. The predicted octanol–water partition coefficient (Wildman–Crippen LogP) is 4.00. The second-order valence-corrected chi connectivity index (χ2v) is 4.95. The molecule has 0 aromatic heterocycles. The average Bonchev–Trinajstić information content (AvgIpc) is 2.36. The Morgan fingerprint density at radius 2 is 1.76 bits per heavy atom. The molecule has 0 aliphatic carbocycles. The SMILES string of the molecule is CCCCC(CC)C(COCCC)NCCC. The molecule has 0 aromatic carbocycles. The van der Waals surface area contributed by atoms with E-state index >= 15 is 0 Å². The van der Waals surface area contributed by atoms with Crippen LogP contribution in [0.5, 0.6) is 0 Å². The predicted molar refractivity (Wildman–Crippen MR) is 76.5 cm³/mol. The van der Waals surface area contributed by atoms with Gasteiger partial charge < -0.3 is 10.1 Å². The van der Waals surface area contributed by atoms with E-state index in [9.17, 15) is 0 Å². The summed E-state index contributed by atoms with van der Waals surface area (Å²) in [5, 5.41) is 3.66. The molecule has 0 fully saturated rings. The fourth-order valence-electron chi connectivity index (χ4n) is 2.20. The lowest BCUT2D eigenvalue weighted by Crippen LogP contribution is -2.40. The first kappa shape index (κ1) is 16.9. The van der Waals surface area contributed by atoms with Crippen LogP contribution in [0.1, 0.15) is 66.2 Å². The fraction of sp³-hybridized carbons (Fsp3) is 1.00. The van der Waals surface area contributed by atoms with Crippen molar-refractivity contribution in [2.45, 2.75) is 72.3 Å². The van der Waals surface area contributed by atoms with Gasteiger partial charge >= 0.3 is 0 Å². The molecule has 2 nitrogen and oxygen atoms in total. The highest BCUT2D eigenvalue weighted by Gasteiger charge is 2.18. The standard InChI is InChI=1S/C15H33NO/c1-5-9-10-14(8-4)15(16-11-6-2)13-17-12-7-3/h14-16H,5-13H2,1-4H3. The maximum Gasteiger partial charge on any atom is 0.0622 e. The third kappa shape index (κ3) is 8.62. The number of nitrogens with one attached hydrogen (secondary N) is 1. The Bertz CT molecular complexity index is 150. The first-order chi connectivity index (χ1) is 8.29. The molecule has 17 heavy (non-hydrogen) atoms. The molecular formula is C15H33NO. The molecule has 0 spiro atoms. The van der Waals surface area contributed by atoms with Gasteiger partial charge in [-0.2, -0.15) is 0 Å². The quantitative estimate of drug-likeness (QED) is 0.523. The summed E-state index contributed by atoms with van der Waals surface area (Å²) in [6.07, 6.45) is 7.56. The zero-order valence-electron chi connectivity index (χ0n) is 12.4. The summed E-state index contributed by atoms with van der Waals surface area (Å²) in [6.45, 7) is 11.9. The van der Waals surface area contributed by atoms with Crippen LogP contribution in [-0.2, 0) is 4.74 Å². The van der Waals surface area contributed by atoms with Crippen LogP contribution in [0, 0.1) is 5.92 Å². The van der Waals surface area contributed by atoms with Crippen molar-refractivity contribution in [2.24, 2.45) is 5.92 Å². The van der Waals surface area contributed by atoms with E-state index in [-0.39, 0.29) is 0 Å². The highest BCUT2D eigenvalue weighted by molar-refractivity contribution is 4.75. The molecule has 0 rings (SSSR count). The van der Waals surface area contributed by atoms with Crippen molar-refractivity contribution >= 4 is 0 Å². The van der Waals surface area contributed by atoms with Crippen LogP contribution in [0.4, 0.5) is 0 Å². The van der Waals surface area contributed by atoms with Gasteiger partial charge in [0.1, 0.15) is 0 Å². The molecule has 0 amide bonds. The first-order valence-corrected chi connectivity index (χ1v) is 7.61. The minimum absolute atomic E-state index is 0.554. The lowest BCUT2D eigenvalue weighted by Gasteiger charge is -2.27. The fourth-order valence-corrected chi connectivity index (χ4v) is 2.20. The van der Waals surface area contributed by atoms with Gasteiger partial charge in [0.05, 0.1) is 6.61 Å². The van der Waals surface area contributed by atoms with E-state index in [0.29, 0.717) is 6.04 Å². The summed E-state index contributed by atoms with van der Waals surface area (Å²) in [7, 11) is 0. The molecule has 0 aromatic rings. The van der Waals surface area contributed by atoms with E-state index in [1.54, 1.807) is 0 Å². The van der Waals surface area contributed by atoms with Crippen LogP contribution in [0.2, 0.25) is 0 Å². The highest BCUT2D eigenvalue weighted by atomic mass is 16.5. The van der Waals surface area contributed by atoms with Gasteiger partial charge in [0, 0.05) is 12.6 Å². The maximum absolute atomic E-state index is 5.74. The van der Waals surface area contributed by atoms with Crippen LogP contribution in [0.25, 0.3) is 0 Å². The van der Waals surface area contributed by atoms with Gasteiger partial charge in [0.15, 0.2) is 0 Å². The van der Waals surface area contributed by atoms with Crippen molar-refractivity contribution in [2.75, 3.05) is 19.8 Å². The molecule has 2 atom stereocenters. The summed E-state index contributed by atoms with van der Waals surface area (Å²) in [4.78, 5) is 0. The van der Waals surface area contributed by atoms with Crippen molar-refractivity contribution in [3.05, 3.63) is 0 Å². The Balaban J connectivity index is 4.08. The topological polar surface area (TPSA) is 21.3 Å². The smallest absolute Gasteiger partial charge is 0.0622 e. The summed E-state index contributed by atoms with van der Waals surface area (Å²) in [6, 6.07) is 0.554. The molecular weight excluding hydrogens is 210 g/mol. The van der Waals surface area contributed by atoms with E-state index < -0.39 is 0 Å². The molecule has 0 saturated carbocycles. The zero-order valence-corrected chi connectivity index (χ0v) is 12.4. The largest absolute Gasteiger partial charge is 0.380 e. The lowest BCUT2D eigenvalue weighted by atomic mass is 9.91. The third-order valence-electron chi connectivity index (χ3n) is 3.32. The van der Waals surface area contributed by atoms with Crippen LogP contribution in [-0.4, -0.2) is 25.8 Å². The van der Waals surface area contributed by atoms with E-state index in [1.807, 2.05) is 0 Å². The molecule has 0 saturated heterocycles. The van der Waals surface area contributed by atoms with Gasteiger partial charge in [-0.3, -0.25) is 0 Å². The molecule has 104 valence electrons. The summed E-state index contributed by atoms with van der Waals surface area (Å²) < 4.78 is 5.74. The van der Waals surface area contributed by atoms with Gasteiger partial charge in [-0.1, -0.05) is 47.0 Å². The van der Waals surface area contributed by atoms with Gasteiger partial charge in [0.25, 0.3) is 0 Å². The Labute approximate surface area is 109 Å². The van der Waals surface area contributed by atoms with Crippen molar-refractivity contribution < 1.29 is 4.74 Å². The molecule has 0 radical (unpaired) electrons. The van der Waals surface area contributed by atoms with Crippen LogP contribution in [0.15, 0.2) is 0 Å². The van der Waals surface area contributed by atoms with Crippen LogP contribution in [0.3, 0.4) is 0 Å². The summed E-state index contributed by atoms with van der Waals surface area (Å²) >= 11 is 0. The minimum atomic E-state index is 0.554. The normalized spacial score (nSPS) is 14.8. The monoisotopic (exact) mass is 243 g/mol. The highest BCUT2D eigenvalue weighted by Crippen LogP contribution is 2.17. The molecule has 0 aliphatic heterocycles. The summed E-state index contributed by atoms with van der Waals surface area (Å²) in [5.74, 6) is 0.776. The maximum atomic E-state index is 5.74. The first-order valence-electron chi connectivity index (χ1n) is 7.61. The van der Waals surface area contributed by atoms with Crippen molar-refractivity contribution in [1.29, 1.82) is 0 Å². The molecule has 2 heteroatoms. The van der Waals surface area contributed by atoms with E-state index in [1.165, 1.54) is 32.1 Å². The number of hydrogen-bond acceptors (Lipinski definition) is 2. The molecule has 0 bridgehead atoms. The summed E-state index contributed by atoms with van der Waals surface area (Å²) in [5.41, 5.74) is 0. The van der Waals surface area contributed by atoms with E-state index in [0.717, 1.165) is 32.1 Å². The molecule has 0 aliphatic rings. The third-order valence-corrected chi connectivity index (χ3v) is 3.32. The number of unbranched alkanes of at least 4 members (excludes halogenated alkanes) is 1. The van der Waals surface area contributed by atoms with Gasteiger partial charge in [-0.15, -0.1) is 0 Å². The van der Waals surface area contributed by atoms with E-state index in [2.05, 4.69) is 33.0 Å². The zero-order chi connectivity index (χ0) is 12.9. The molecule has 0 heterocycles. The second kappa shape index (κ2) is 12.4. The lowest BCUT2D eigenvalue weighted by molar-refractivity contribution is 0.0899. The Hall–Kier alpha value is -0.0800. The number of rotatable bonds is 12. The van der Waals surface area contributed by atoms with Gasteiger partial charge in [-0.25, -0.2) is 0 Å². The Morgan fingerprint density at radius 1 is 1.00 bits per heavy atom. The van der Waals surface area contributed by atoms with Crippen molar-refractivity contribution in [1.82, 2.24) is 5.32 Å². The minimum Gasteiger partial charge on any atom is -0.380 e. The number of hydrogen-bond donors (Lipinski definition) is 1. The van der Waals surface area contributed by atoms with Gasteiger partial charge in [0.2, 0.25) is 0 Å². The van der Waals surface area contributed by atoms with Crippen LogP contribution >= 0.6 is 0 Å². The Kier molecular flexibility index (Phi) is 12.3.